The Bertz CT molecular complexity index is 580. The number of nitrogens with zero attached hydrogens (tertiary/aromatic N) is 4. The van der Waals surface area contributed by atoms with Crippen molar-refractivity contribution in [3.05, 3.63) is 24.2 Å². The first-order valence-corrected chi connectivity index (χ1v) is 7.44. The van der Waals surface area contributed by atoms with Crippen molar-refractivity contribution in [3.8, 4) is 5.75 Å². The summed E-state index contributed by atoms with van der Waals surface area (Å²) in [5.41, 5.74) is 0.809. The number of hydrogen-bond acceptors (Lipinski definition) is 4. The molecule has 0 aliphatic carbocycles. The molecule has 1 unspecified atom stereocenters. The highest BCUT2D eigenvalue weighted by molar-refractivity contribution is 5.53. The number of pyridine rings is 1. The lowest BCUT2D eigenvalue weighted by atomic mass is 9.99. The summed E-state index contributed by atoms with van der Waals surface area (Å²) in [7, 11) is 1.67. The predicted molar refractivity (Wildman–Crippen MR) is 78.1 cm³/mol. The molecule has 3 rings (SSSR count). The molecule has 1 saturated heterocycles. The van der Waals surface area contributed by atoms with Crippen molar-refractivity contribution in [3.63, 3.8) is 0 Å². The van der Waals surface area contributed by atoms with Gasteiger partial charge in [-0.3, -0.25) is 4.40 Å². The van der Waals surface area contributed by atoms with E-state index in [-0.39, 0.29) is 0 Å². The molecule has 2 aromatic rings. The lowest BCUT2D eigenvalue weighted by Gasteiger charge is -2.34. The Morgan fingerprint density at radius 1 is 1.35 bits per heavy atom. The van der Waals surface area contributed by atoms with Gasteiger partial charge in [0.05, 0.1) is 7.11 Å². The average molecular weight is 274 g/mol. The zero-order valence-corrected chi connectivity index (χ0v) is 12.2. The van der Waals surface area contributed by atoms with Gasteiger partial charge in [-0.25, -0.2) is 0 Å². The molecule has 0 bridgehead atoms. The summed E-state index contributed by atoms with van der Waals surface area (Å²) < 4.78 is 7.40. The van der Waals surface area contributed by atoms with Crippen molar-refractivity contribution >= 4 is 5.65 Å². The van der Waals surface area contributed by atoms with E-state index in [0.29, 0.717) is 6.04 Å². The van der Waals surface area contributed by atoms with Gasteiger partial charge in [0.1, 0.15) is 5.82 Å². The molecular weight excluding hydrogens is 252 g/mol. The minimum Gasteiger partial charge on any atom is -0.493 e. The molecule has 5 nitrogen and oxygen atoms in total. The van der Waals surface area contributed by atoms with Gasteiger partial charge in [0.25, 0.3) is 0 Å². The minimum atomic E-state index is 0.590. The highest BCUT2D eigenvalue weighted by atomic mass is 16.5. The molecule has 1 atom stereocenters. The van der Waals surface area contributed by atoms with Crippen LogP contribution in [0.25, 0.3) is 5.65 Å². The van der Waals surface area contributed by atoms with Gasteiger partial charge >= 0.3 is 0 Å². The van der Waals surface area contributed by atoms with Crippen molar-refractivity contribution in [1.82, 2.24) is 19.5 Å². The number of ether oxygens (including phenoxy) is 1. The number of likely N-dealkylation sites (tertiary alicyclic amines) is 1. The normalized spacial score (nSPS) is 20.4. The molecular formula is C15H22N4O. The Kier molecular flexibility index (Phi) is 3.87. The molecule has 0 amide bonds. The summed E-state index contributed by atoms with van der Waals surface area (Å²) in [6.07, 6.45) is 6.88. The molecule has 1 aliphatic heterocycles. The molecule has 3 heterocycles. The van der Waals surface area contributed by atoms with E-state index in [4.69, 9.17) is 4.74 Å². The Morgan fingerprint density at radius 2 is 2.25 bits per heavy atom. The third kappa shape index (κ3) is 2.38. The molecule has 108 valence electrons. The van der Waals surface area contributed by atoms with Crippen molar-refractivity contribution in [2.75, 3.05) is 20.2 Å². The third-order valence-electron chi connectivity index (χ3n) is 4.26. The van der Waals surface area contributed by atoms with Gasteiger partial charge in [0.15, 0.2) is 5.75 Å². The molecule has 0 spiro atoms. The van der Waals surface area contributed by atoms with Crippen molar-refractivity contribution in [2.45, 2.75) is 38.6 Å². The number of hydrogen-bond donors (Lipinski definition) is 0. The number of piperidine rings is 1. The summed E-state index contributed by atoms with van der Waals surface area (Å²) in [6.45, 7) is 4.56. The van der Waals surface area contributed by atoms with E-state index < -0.39 is 0 Å². The van der Waals surface area contributed by atoms with Crippen LogP contribution in [0, 0.1) is 0 Å². The van der Waals surface area contributed by atoms with Gasteiger partial charge in [-0.05, 0) is 38.1 Å². The van der Waals surface area contributed by atoms with Gasteiger partial charge in [0.2, 0.25) is 5.65 Å². The monoisotopic (exact) mass is 274 g/mol. The molecule has 0 N–H and O–H groups in total. The second-order valence-corrected chi connectivity index (χ2v) is 5.37. The van der Waals surface area contributed by atoms with E-state index in [1.807, 2.05) is 18.3 Å². The van der Waals surface area contributed by atoms with Crippen LogP contribution >= 0.6 is 0 Å². The summed E-state index contributed by atoms with van der Waals surface area (Å²) in [5.74, 6) is 1.81. The molecule has 0 saturated carbocycles. The lowest BCUT2D eigenvalue weighted by molar-refractivity contribution is 0.153. The van der Waals surface area contributed by atoms with Crippen LogP contribution in [0.5, 0.6) is 5.75 Å². The zero-order valence-electron chi connectivity index (χ0n) is 12.2. The van der Waals surface area contributed by atoms with Crippen molar-refractivity contribution in [2.24, 2.45) is 0 Å². The quantitative estimate of drug-likeness (QED) is 0.857. The Labute approximate surface area is 119 Å². The smallest absolute Gasteiger partial charge is 0.203 e. The van der Waals surface area contributed by atoms with Gasteiger partial charge < -0.3 is 9.64 Å². The van der Waals surface area contributed by atoms with Gasteiger partial charge in [-0.15, -0.1) is 10.2 Å². The fourth-order valence-corrected chi connectivity index (χ4v) is 3.16. The van der Waals surface area contributed by atoms with Crippen LogP contribution in [0.3, 0.4) is 0 Å². The van der Waals surface area contributed by atoms with Crippen molar-refractivity contribution < 1.29 is 4.74 Å². The van der Waals surface area contributed by atoms with E-state index in [9.17, 15) is 0 Å². The molecule has 5 heteroatoms. The highest BCUT2D eigenvalue weighted by Crippen LogP contribution is 2.22. The maximum absolute atomic E-state index is 5.34. The first-order chi connectivity index (χ1) is 9.83. The predicted octanol–water partition coefficient (Wildman–Crippen LogP) is 2.15. The lowest BCUT2D eigenvalue weighted by Crippen LogP contribution is -2.40. The molecule has 1 fully saturated rings. The first-order valence-electron chi connectivity index (χ1n) is 7.44. The summed E-state index contributed by atoms with van der Waals surface area (Å²) in [6, 6.07) is 4.50. The largest absolute Gasteiger partial charge is 0.493 e. The van der Waals surface area contributed by atoms with Crippen LogP contribution in [-0.4, -0.2) is 45.7 Å². The van der Waals surface area contributed by atoms with Crippen LogP contribution < -0.4 is 4.74 Å². The van der Waals surface area contributed by atoms with Crippen LogP contribution in [0.1, 0.15) is 32.0 Å². The van der Waals surface area contributed by atoms with E-state index in [1.54, 1.807) is 7.11 Å². The number of fused-ring (bicyclic) bond motifs is 1. The van der Waals surface area contributed by atoms with Gasteiger partial charge in [-0.2, -0.15) is 0 Å². The Hall–Kier alpha value is -1.62. The van der Waals surface area contributed by atoms with Crippen molar-refractivity contribution in [1.29, 1.82) is 0 Å². The van der Waals surface area contributed by atoms with Gasteiger partial charge in [0, 0.05) is 18.7 Å². The average Bonchev–Trinajstić information content (AvgIpc) is 2.91. The fraction of sp³-hybridized carbons (Fsp3) is 0.600. The Morgan fingerprint density at radius 3 is 3.05 bits per heavy atom. The summed E-state index contributed by atoms with van der Waals surface area (Å²) >= 11 is 0. The third-order valence-corrected chi connectivity index (χ3v) is 4.26. The zero-order chi connectivity index (χ0) is 13.9. The van der Waals surface area contributed by atoms with Crippen LogP contribution in [-0.2, 0) is 6.42 Å². The van der Waals surface area contributed by atoms with Gasteiger partial charge in [-0.1, -0.05) is 13.3 Å². The van der Waals surface area contributed by atoms with E-state index in [1.165, 1.54) is 25.8 Å². The van der Waals surface area contributed by atoms with E-state index in [0.717, 1.165) is 30.2 Å². The van der Waals surface area contributed by atoms with Crippen LogP contribution in [0.4, 0.5) is 0 Å². The van der Waals surface area contributed by atoms with Crippen LogP contribution in [0.2, 0.25) is 0 Å². The van der Waals surface area contributed by atoms with E-state index in [2.05, 4.69) is 26.4 Å². The highest BCUT2D eigenvalue weighted by Gasteiger charge is 2.23. The maximum atomic E-state index is 5.34. The standard InChI is InChI=1S/C15H22N4O/c1-3-18-9-5-4-7-12(18)11-14-16-17-15-13(20-2)8-6-10-19(14)15/h6,8,10,12H,3-5,7,9,11H2,1-2H3. The SMILES string of the molecule is CCN1CCCCC1Cc1nnc2c(OC)cccn12. The van der Waals surface area contributed by atoms with Crippen LogP contribution in [0.15, 0.2) is 18.3 Å². The minimum absolute atomic E-state index is 0.590. The second-order valence-electron chi connectivity index (χ2n) is 5.37. The Balaban J connectivity index is 1.87. The molecule has 1 aliphatic rings. The number of rotatable bonds is 4. The number of likely N-dealkylation sites (N-methyl/N-ethyl adjacent to an activating group) is 1. The van der Waals surface area contributed by atoms with E-state index >= 15 is 0 Å². The number of aromatic nitrogens is 3. The summed E-state index contributed by atoms with van der Waals surface area (Å²) in [5, 5.41) is 8.65. The molecule has 20 heavy (non-hydrogen) atoms. The maximum Gasteiger partial charge on any atom is 0.203 e. The number of methoxy groups -OCH3 is 1. The topological polar surface area (TPSA) is 42.7 Å². The second kappa shape index (κ2) is 5.79. The molecule has 2 aromatic heterocycles. The fourth-order valence-electron chi connectivity index (χ4n) is 3.16. The summed E-state index contributed by atoms with van der Waals surface area (Å²) in [4.78, 5) is 2.56. The first kappa shape index (κ1) is 13.4. The molecule has 0 aromatic carbocycles. The molecule has 0 radical (unpaired) electrons.